The minimum Gasteiger partial charge on any atom is -0.394 e. The van der Waals surface area contributed by atoms with Crippen LogP contribution in [0.2, 0.25) is 0 Å². The molecule has 336 valence electrons. The van der Waals surface area contributed by atoms with Crippen molar-refractivity contribution in [2.75, 3.05) is 13.2 Å². The molecule has 0 aliphatic carbocycles. The van der Waals surface area contributed by atoms with Crippen molar-refractivity contribution in [3.63, 3.8) is 0 Å². The van der Waals surface area contributed by atoms with E-state index in [-0.39, 0.29) is 12.5 Å². The summed E-state index contributed by atoms with van der Waals surface area (Å²) in [5.74, 6) is -0.147. The van der Waals surface area contributed by atoms with Crippen LogP contribution in [0.25, 0.3) is 0 Å². The van der Waals surface area contributed by atoms with E-state index in [1.165, 1.54) is 148 Å². The Labute approximate surface area is 349 Å². The Balaban J connectivity index is 2.30. The highest BCUT2D eigenvalue weighted by atomic mass is 16.7. The summed E-state index contributed by atoms with van der Waals surface area (Å²) in [5.41, 5.74) is 0. The average Bonchev–Trinajstić information content (AvgIpc) is 3.21. The minimum atomic E-state index is -1.55. The maximum Gasteiger partial charge on any atom is 0.220 e. The molecule has 0 aromatic heterocycles. The van der Waals surface area contributed by atoms with Crippen molar-refractivity contribution < 1.29 is 39.8 Å². The van der Waals surface area contributed by atoms with Crippen molar-refractivity contribution >= 4 is 5.91 Å². The van der Waals surface area contributed by atoms with Crippen LogP contribution in [0.3, 0.4) is 0 Å². The first kappa shape index (κ1) is 53.7. The summed E-state index contributed by atoms with van der Waals surface area (Å²) in [6, 6.07) is -0.718. The Kier molecular flexibility index (Phi) is 36.6. The highest BCUT2D eigenvalue weighted by molar-refractivity contribution is 5.76. The number of carbonyl (C=O) groups is 1. The molecule has 1 aliphatic heterocycles. The molecule has 1 fully saturated rings. The van der Waals surface area contributed by atoms with E-state index in [0.29, 0.717) is 12.8 Å². The zero-order chi connectivity index (χ0) is 41.6. The van der Waals surface area contributed by atoms with Crippen molar-refractivity contribution in [2.24, 2.45) is 0 Å². The fraction of sp³-hybridized carbons (Fsp3) is 0.896. The largest absolute Gasteiger partial charge is 0.394 e. The predicted molar refractivity (Wildman–Crippen MR) is 235 cm³/mol. The summed E-state index contributed by atoms with van der Waals surface area (Å²) in [7, 11) is 0. The molecule has 1 heterocycles. The molecule has 9 heteroatoms. The Bertz CT molecular complexity index is 945. The standard InChI is InChI=1S/C48H91NO8/c1-3-5-7-9-11-13-15-17-19-20-21-22-24-26-28-30-32-34-36-38-44(52)49-41(40-56-48-47(55)46(54)45(53)43(39-50)57-48)42(51)37-35-33-31-29-27-25-23-18-16-14-12-10-8-6-4-2/h11,13,15,17,41-43,45-48,50-51,53-55H,3-10,12,14,16,18-40H2,1-2H3,(H,49,52)/b13-11-,17-15-. The molecule has 0 aromatic rings. The molecule has 7 unspecified atom stereocenters. The Hall–Kier alpha value is -1.33. The van der Waals surface area contributed by atoms with Crippen LogP contribution in [-0.4, -0.2) is 87.5 Å². The van der Waals surface area contributed by atoms with E-state index >= 15 is 0 Å². The van der Waals surface area contributed by atoms with Gasteiger partial charge in [-0.25, -0.2) is 0 Å². The second-order valence-electron chi connectivity index (χ2n) is 16.9. The number of rotatable bonds is 40. The molecule has 0 aromatic carbocycles. The van der Waals surface area contributed by atoms with Gasteiger partial charge >= 0.3 is 0 Å². The Morgan fingerprint density at radius 1 is 0.596 bits per heavy atom. The van der Waals surface area contributed by atoms with E-state index in [4.69, 9.17) is 9.47 Å². The zero-order valence-electron chi connectivity index (χ0n) is 36.9. The second-order valence-corrected chi connectivity index (χ2v) is 16.9. The van der Waals surface area contributed by atoms with Gasteiger partial charge in [0.2, 0.25) is 5.91 Å². The van der Waals surface area contributed by atoms with Crippen LogP contribution in [0.4, 0.5) is 0 Å². The maximum absolute atomic E-state index is 13.0. The van der Waals surface area contributed by atoms with Gasteiger partial charge in [-0.05, 0) is 38.5 Å². The van der Waals surface area contributed by atoms with Crippen LogP contribution in [0.15, 0.2) is 24.3 Å². The lowest BCUT2D eigenvalue weighted by Crippen LogP contribution is -2.60. The summed E-state index contributed by atoms with van der Waals surface area (Å²) in [6.07, 6.45) is 38.9. The number of amides is 1. The molecule has 6 N–H and O–H groups in total. The molecule has 0 saturated carbocycles. The van der Waals surface area contributed by atoms with Crippen LogP contribution in [0, 0.1) is 0 Å². The molecule has 0 bridgehead atoms. The van der Waals surface area contributed by atoms with Crippen molar-refractivity contribution in [2.45, 2.75) is 262 Å². The first-order chi connectivity index (χ1) is 27.8. The molecule has 0 spiro atoms. The van der Waals surface area contributed by atoms with Crippen LogP contribution in [-0.2, 0) is 14.3 Å². The van der Waals surface area contributed by atoms with E-state index in [1.807, 2.05) is 0 Å². The molecule has 1 rings (SSSR count). The van der Waals surface area contributed by atoms with Gasteiger partial charge in [-0.3, -0.25) is 4.79 Å². The molecule has 7 atom stereocenters. The van der Waals surface area contributed by atoms with Crippen LogP contribution >= 0.6 is 0 Å². The SMILES string of the molecule is CCCCC/C=C\C=C/CCCCCCCCCCCCC(=O)NC(COC1OC(CO)C(O)C(O)C1O)C(O)CCCCCCCCCCCCCCCCC. The van der Waals surface area contributed by atoms with E-state index in [1.54, 1.807) is 0 Å². The van der Waals surface area contributed by atoms with Gasteiger partial charge in [-0.1, -0.05) is 199 Å². The van der Waals surface area contributed by atoms with Crippen molar-refractivity contribution in [3.8, 4) is 0 Å². The number of carbonyl (C=O) groups excluding carboxylic acids is 1. The first-order valence-electron chi connectivity index (χ1n) is 24.1. The summed E-state index contributed by atoms with van der Waals surface area (Å²) in [6.45, 7) is 3.81. The van der Waals surface area contributed by atoms with Crippen molar-refractivity contribution in [1.82, 2.24) is 5.32 Å². The van der Waals surface area contributed by atoms with Crippen LogP contribution < -0.4 is 5.32 Å². The topological polar surface area (TPSA) is 149 Å². The van der Waals surface area contributed by atoms with Gasteiger partial charge in [0.15, 0.2) is 6.29 Å². The smallest absolute Gasteiger partial charge is 0.220 e. The van der Waals surface area contributed by atoms with Gasteiger partial charge in [-0.2, -0.15) is 0 Å². The minimum absolute atomic E-state index is 0.137. The molecular formula is C48H91NO8. The van der Waals surface area contributed by atoms with E-state index in [9.17, 15) is 30.3 Å². The molecule has 9 nitrogen and oxygen atoms in total. The highest BCUT2D eigenvalue weighted by Gasteiger charge is 2.44. The zero-order valence-corrected chi connectivity index (χ0v) is 36.9. The normalized spacial score (nSPS) is 21.1. The molecular weight excluding hydrogens is 719 g/mol. The number of aliphatic hydroxyl groups is 5. The molecule has 57 heavy (non-hydrogen) atoms. The summed E-state index contributed by atoms with van der Waals surface area (Å²) in [5, 5.41) is 54.4. The number of nitrogens with one attached hydrogen (secondary N) is 1. The summed E-state index contributed by atoms with van der Waals surface area (Å²) >= 11 is 0. The van der Waals surface area contributed by atoms with Gasteiger partial charge in [0, 0.05) is 6.42 Å². The predicted octanol–water partition coefficient (Wildman–Crippen LogP) is 10.3. The summed E-state index contributed by atoms with van der Waals surface area (Å²) < 4.78 is 11.3. The van der Waals surface area contributed by atoms with Gasteiger partial charge in [0.1, 0.15) is 24.4 Å². The molecule has 0 radical (unpaired) electrons. The van der Waals surface area contributed by atoms with E-state index in [0.717, 1.165) is 44.9 Å². The van der Waals surface area contributed by atoms with Crippen LogP contribution in [0.5, 0.6) is 0 Å². The second kappa shape index (κ2) is 38.8. The lowest BCUT2D eigenvalue weighted by molar-refractivity contribution is -0.302. The summed E-state index contributed by atoms with van der Waals surface area (Å²) in [4.78, 5) is 13.0. The third-order valence-electron chi connectivity index (χ3n) is 11.6. The van der Waals surface area contributed by atoms with Gasteiger partial charge in [-0.15, -0.1) is 0 Å². The fourth-order valence-electron chi connectivity index (χ4n) is 7.68. The van der Waals surface area contributed by atoms with E-state index in [2.05, 4.69) is 43.5 Å². The third-order valence-corrected chi connectivity index (χ3v) is 11.6. The number of unbranched alkanes of at least 4 members (excludes halogenated alkanes) is 27. The number of aliphatic hydroxyl groups excluding tert-OH is 5. The first-order valence-corrected chi connectivity index (χ1v) is 24.1. The number of hydrogen-bond donors (Lipinski definition) is 6. The van der Waals surface area contributed by atoms with Crippen LogP contribution in [0.1, 0.15) is 219 Å². The number of hydrogen-bond acceptors (Lipinski definition) is 8. The van der Waals surface area contributed by atoms with Gasteiger partial charge < -0.3 is 40.3 Å². The monoisotopic (exact) mass is 810 g/mol. The molecule has 1 saturated heterocycles. The lowest BCUT2D eigenvalue weighted by atomic mass is 9.99. The molecule has 1 aliphatic rings. The number of allylic oxidation sites excluding steroid dienone is 4. The van der Waals surface area contributed by atoms with E-state index < -0.39 is 49.5 Å². The quantitative estimate of drug-likeness (QED) is 0.0265. The van der Waals surface area contributed by atoms with Gasteiger partial charge in [0.25, 0.3) is 0 Å². The highest BCUT2D eigenvalue weighted by Crippen LogP contribution is 2.23. The fourth-order valence-corrected chi connectivity index (χ4v) is 7.68. The molecule has 1 amide bonds. The Morgan fingerprint density at radius 3 is 1.51 bits per heavy atom. The lowest BCUT2D eigenvalue weighted by Gasteiger charge is -2.40. The number of ether oxygens (including phenoxy) is 2. The Morgan fingerprint density at radius 2 is 1.02 bits per heavy atom. The third kappa shape index (κ3) is 29.5. The maximum atomic E-state index is 13.0. The van der Waals surface area contributed by atoms with Crippen molar-refractivity contribution in [1.29, 1.82) is 0 Å². The van der Waals surface area contributed by atoms with Gasteiger partial charge in [0.05, 0.1) is 25.4 Å². The van der Waals surface area contributed by atoms with Crippen molar-refractivity contribution in [3.05, 3.63) is 24.3 Å². The average molecular weight is 810 g/mol.